The van der Waals surface area contributed by atoms with Gasteiger partial charge in [-0.15, -0.1) is 0 Å². The van der Waals surface area contributed by atoms with Gasteiger partial charge in [-0.2, -0.15) is 5.10 Å². The number of nitrogens with one attached hydrogen (secondary N) is 1. The van der Waals surface area contributed by atoms with Gasteiger partial charge in [-0.3, -0.25) is 4.98 Å². The molecule has 0 spiro atoms. The van der Waals surface area contributed by atoms with E-state index in [-0.39, 0.29) is 6.04 Å². The van der Waals surface area contributed by atoms with Crippen molar-refractivity contribution in [2.24, 2.45) is 0 Å². The van der Waals surface area contributed by atoms with Crippen molar-refractivity contribution in [1.29, 1.82) is 0 Å². The number of hydrogen-bond acceptors (Lipinski definition) is 3. The highest BCUT2D eigenvalue weighted by Crippen LogP contribution is 2.25. The monoisotopic (exact) mass is 280 g/mol. The summed E-state index contributed by atoms with van der Waals surface area (Å²) in [5.74, 6) is 0. The van der Waals surface area contributed by atoms with Gasteiger partial charge in [0.15, 0.2) is 0 Å². The molecule has 1 atom stereocenters. The van der Waals surface area contributed by atoms with E-state index in [1.807, 2.05) is 30.2 Å². The van der Waals surface area contributed by atoms with Gasteiger partial charge in [-0.25, -0.2) is 4.52 Å². The zero-order chi connectivity index (χ0) is 14.7. The van der Waals surface area contributed by atoms with E-state index in [4.69, 9.17) is 0 Å². The number of nitrogens with zero attached hydrogens (tertiary/aromatic N) is 3. The SMILES string of the molecule is CCCc1ccc(C(NC)c2cnn3ccncc23)cc1. The van der Waals surface area contributed by atoms with Gasteiger partial charge in [0, 0.05) is 18.0 Å². The third-order valence-corrected chi connectivity index (χ3v) is 3.81. The molecule has 1 N–H and O–H groups in total. The summed E-state index contributed by atoms with van der Waals surface area (Å²) < 4.78 is 1.86. The van der Waals surface area contributed by atoms with Crippen LogP contribution in [0.2, 0.25) is 0 Å². The molecule has 108 valence electrons. The van der Waals surface area contributed by atoms with Crippen molar-refractivity contribution < 1.29 is 0 Å². The molecule has 1 unspecified atom stereocenters. The van der Waals surface area contributed by atoms with E-state index in [2.05, 4.69) is 46.6 Å². The van der Waals surface area contributed by atoms with Crippen LogP contribution in [0, 0.1) is 0 Å². The summed E-state index contributed by atoms with van der Waals surface area (Å²) in [5, 5.41) is 7.78. The van der Waals surface area contributed by atoms with Crippen LogP contribution in [0.1, 0.15) is 36.1 Å². The second kappa shape index (κ2) is 6.06. The first-order valence-corrected chi connectivity index (χ1v) is 7.37. The average Bonchev–Trinajstić information content (AvgIpc) is 2.94. The minimum atomic E-state index is 0.127. The van der Waals surface area contributed by atoms with Crippen molar-refractivity contribution in [1.82, 2.24) is 19.9 Å². The van der Waals surface area contributed by atoms with Crippen LogP contribution in [-0.4, -0.2) is 21.6 Å². The molecule has 3 aromatic rings. The van der Waals surface area contributed by atoms with Crippen molar-refractivity contribution >= 4 is 5.52 Å². The number of rotatable bonds is 5. The quantitative estimate of drug-likeness (QED) is 0.781. The number of aryl methyl sites for hydroxylation is 1. The fraction of sp³-hybridized carbons (Fsp3) is 0.294. The minimum Gasteiger partial charge on any atom is -0.309 e. The van der Waals surface area contributed by atoms with Gasteiger partial charge >= 0.3 is 0 Å². The lowest BCUT2D eigenvalue weighted by Crippen LogP contribution is -2.17. The molecule has 0 saturated heterocycles. The van der Waals surface area contributed by atoms with Crippen molar-refractivity contribution in [2.75, 3.05) is 7.05 Å². The summed E-state index contributed by atoms with van der Waals surface area (Å²) in [4.78, 5) is 4.21. The molecule has 2 heterocycles. The highest BCUT2D eigenvalue weighted by atomic mass is 15.2. The molecule has 4 heteroatoms. The number of benzene rings is 1. The summed E-state index contributed by atoms with van der Waals surface area (Å²) in [7, 11) is 1.98. The lowest BCUT2D eigenvalue weighted by molar-refractivity contribution is 0.696. The van der Waals surface area contributed by atoms with E-state index in [1.165, 1.54) is 17.5 Å². The van der Waals surface area contributed by atoms with Crippen LogP contribution in [0.3, 0.4) is 0 Å². The third kappa shape index (κ3) is 2.67. The molecule has 21 heavy (non-hydrogen) atoms. The number of fused-ring (bicyclic) bond motifs is 1. The summed E-state index contributed by atoms with van der Waals surface area (Å²) >= 11 is 0. The molecular weight excluding hydrogens is 260 g/mol. The number of hydrogen-bond donors (Lipinski definition) is 1. The van der Waals surface area contributed by atoms with Gasteiger partial charge in [0.1, 0.15) is 0 Å². The topological polar surface area (TPSA) is 42.2 Å². The second-order valence-electron chi connectivity index (χ2n) is 5.22. The molecule has 3 rings (SSSR count). The Morgan fingerprint density at radius 2 is 2.00 bits per heavy atom. The molecule has 0 aliphatic carbocycles. The Labute approximate surface area is 124 Å². The fourth-order valence-electron chi connectivity index (χ4n) is 2.74. The maximum absolute atomic E-state index is 4.40. The first-order chi connectivity index (χ1) is 10.3. The number of aromatic nitrogens is 3. The average molecular weight is 280 g/mol. The predicted molar refractivity (Wildman–Crippen MR) is 84.3 cm³/mol. The maximum atomic E-state index is 4.40. The Balaban J connectivity index is 1.97. The summed E-state index contributed by atoms with van der Waals surface area (Å²) in [5.41, 5.74) is 4.82. The molecule has 0 bridgehead atoms. The first-order valence-electron chi connectivity index (χ1n) is 7.37. The van der Waals surface area contributed by atoms with E-state index in [9.17, 15) is 0 Å². The Morgan fingerprint density at radius 3 is 2.71 bits per heavy atom. The van der Waals surface area contributed by atoms with E-state index in [0.717, 1.165) is 17.5 Å². The normalized spacial score (nSPS) is 12.7. The van der Waals surface area contributed by atoms with E-state index >= 15 is 0 Å². The molecule has 0 radical (unpaired) electrons. The van der Waals surface area contributed by atoms with Gasteiger partial charge in [-0.05, 0) is 24.6 Å². The molecule has 2 aromatic heterocycles. The molecule has 0 amide bonds. The molecule has 0 fully saturated rings. The first kappa shape index (κ1) is 13.8. The predicted octanol–water partition coefficient (Wildman–Crippen LogP) is 2.99. The third-order valence-electron chi connectivity index (χ3n) is 3.81. The Kier molecular flexibility index (Phi) is 3.97. The Hall–Kier alpha value is -2.20. The molecule has 4 nitrogen and oxygen atoms in total. The van der Waals surface area contributed by atoms with Crippen molar-refractivity contribution in [3.8, 4) is 0 Å². The van der Waals surface area contributed by atoms with E-state index < -0.39 is 0 Å². The summed E-state index contributed by atoms with van der Waals surface area (Å²) in [6, 6.07) is 8.96. The highest BCUT2D eigenvalue weighted by Gasteiger charge is 2.16. The zero-order valence-corrected chi connectivity index (χ0v) is 12.5. The fourth-order valence-corrected chi connectivity index (χ4v) is 2.74. The Morgan fingerprint density at radius 1 is 1.19 bits per heavy atom. The van der Waals surface area contributed by atoms with Crippen LogP contribution in [0.5, 0.6) is 0 Å². The van der Waals surface area contributed by atoms with Crippen LogP contribution in [0.25, 0.3) is 5.52 Å². The maximum Gasteiger partial charge on any atom is 0.0896 e. The van der Waals surface area contributed by atoms with Crippen LogP contribution in [-0.2, 0) is 6.42 Å². The molecule has 0 aliphatic heterocycles. The molecule has 0 saturated carbocycles. The van der Waals surface area contributed by atoms with Gasteiger partial charge in [0.05, 0.1) is 24.0 Å². The van der Waals surface area contributed by atoms with Crippen LogP contribution < -0.4 is 5.32 Å². The lowest BCUT2D eigenvalue weighted by atomic mass is 9.98. The standard InChI is InChI=1S/C17H20N4/c1-3-4-13-5-7-14(8-6-13)17(18-2)15-11-20-21-10-9-19-12-16(15)21/h5-12,17-18H,3-4H2,1-2H3. The van der Waals surface area contributed by atoms with Gasteiger partial charge in [0.25, 0.3) is 0 Å². The molecule has 1 aromatic carbocycles. The largest absolute Gasteiger partial charge is 0.309 e. The smallest absolute Gasteiger partial charge is 0.0896 e. The highest BCUT2D eigenvalue weighted by molar-refractivity contribution is 5.55. The molecular formula is C17H20N4. The van der Waals surface area contributed by atoms with Gasteiger partial charge in [-0.1, -0.05) is 37.6 Å². The van der Waals surface area contributed by atoms with Crippen molar-refractivity contribution in [3.63, 3.8) is 0 Å². The van der Waals surface area contributed by atoms with Gasteiger partial charge < -0.3 is 5.32 Å². The minimum absolute atomic E-state index is 0.127. The summed E-state index contributed by atoms with van der Waals surface area (Å²) in [6.45, 7) is 2.20. The lowest BCUT2D eigenvalue weighted by Gasteiger charge is -2.16. The zero-order valence-electron chi connectivity index (χ0n) is 12.5. The van der Waals surface area contributed by atoms with Crippen molar-refractivity contribution in [2.45, 2.75) is 25.8 Å². The van der Waals surface area contributed by atoms with E-state index in [1.54, 1.807) is 6.20 Å². The van der Waals surface area contributed by atoms with E-state index in [0.29, 0.717) is 0 Å². The van der Waals surface area contributed by atoms with Crippen LogP contribution in [0.15, 0.2) is 49.1 Å². The Bertz CT molecular complexity index is 715. The van der Waals surface area contributed by atoms with Gasteiger partial charge in [0.2, 0.25) is 0 Å². The van der Waals surface area contributed by atoms with Crippen LogP contribution >= 0.6 is 0 Å². The second-order valence-corrected chi connectivity index (χ2v) is 5.22. The molecule has 0 aliphatic rings. The summed E-state index contributed by atoms with van der Waals surface area (Å²) in [6.07, 6.45) is 9.70. The van der Waals surface area contributed by atoms with Crippen molar-refractivity contribution in [3.05, 3.63) is 65.7 Å². The van der Waals surface area contributed by atoms with Crippen LogP contribution in [0.4, 0.5) is 0 Å².